The van der Waals surface area contributed by atoms with Crippen molar-refractivity contribution in [2.24, 2.45) is 5.92 Å². The predicted molar refractivity (Wildman–Crippen MR) is 111 cm³/mol. The Bertz CT molecular complexity index is 735. The maximum atomic E-state index is 12.8. The van der Waals surface area contributed by atoms with Gasteiger partial charge in [0.1, 0.15) is 0 Å². The van der Waals surface area contributed by atoms with Gasteiger partial charge in [-0.2, -0.15) is 0 Å². The SMILES string of the molecule is O=C(N[C@H](/C=C/C(=O)N1CCc2ccccc21)CC1CCCCC1)C1CCN1. The highest BCUT2D eigenvalue weighted by molar-refractivity contribution is 6.03. The van der Waals surface area contributed by atoms with Gasteiger partial charge in [0, 0.05) is 24.4 Å². The maximum Gasteiger partial charge on any atom is 0.250 e. The summed E-state index contributed by atoms with van der Waals surface area (Å²) in [4.78, 5) is 27.1. The molecule has 4 rings (SSSR count). The van der Waals surface area contributed by atoms with Gasteiger partial charge in [0.15, 0.2) is 0 Å². The Morgan fingerprint density at radius 3 is 2.71 bits per heavy atom. The summed E-state index contributed by atoms with van der Waals surface area (Å²) >= 11 is 0. The molecule has 2 aliphatic heterocycles. The van der Waals surface area contributed by atoms with Crippen LogP contribution < -0.4 is 15.5 Å². The number of benzene rings is 1. The van der Waals surface area contributed by atoms with Gasteiger partial charge in [-0.25, -0.2) is 0 Å². The van der Waals surface area contributed by atoms with Crippen LogP contribution in [-0.4, -0.2) is 37.0 Å². The van der Waals surface area contributed by atoms with Gasteiger partial charge in [0.25, 0.3) is 5.91 Å². The van der Waals surface area contributed by atoms with Crippen molar-refractivity contribution in [3.05, 3.63) is 42.0 Å². The predicted octanol–water partition coefficient (Wildman–Crippen LogP) is 2.95. The summed E-state index contributed by atoms with van der Waals surface area (Å²) < 4.78 is 0. The molecule has 28 heavy (non-hydrogen) atoms. The summed E-state index contributed by atoms with van der Waals surface area (Å²) in [6.45, 7) is 1.64. The Labute approximate surface area is 167 Å². The van der Waals surface area contributed by atoms with Crippen LogP contribution in [0.4, 0.5) is 5.69 Å². The topological polar surface area (TPSA) is 61.4 Å². The monoisotopic (exact) mass is 381 g/mol. The molecular weight excluding hydrogens is 350 g/mol. The average Bonchev–Trinajstić information content (AvgIpc) is 3.09. The molecule has 0 aromatic heterocycles. The fraction of sp³-hybridized carbons (Fsp3) is 0.565. The first kappa shape index (κ1) is 19.2. The standard InChI is InChI=1S/C23H31N3O2/c27-22(26-15-13-18-8-4-5-9-21(18)26)11-10-19(16-17-6-2-1-3-7-17)25-23(28)20-12-14-24-20/h4-5,8-11,17,19-20,24H,1-3,6-7,12-16H2,(H,25,28)/b11-10+/t19-,20?/m1/s1. The number of carbonyl (C=O) groups excluding carboxylic acids is 2. The summed E-state index contributed by atoms with van der Waals surface area (Å²) in [6.07, 6.45) is 12.7. The quantitative estimate of drug-likeness (QED) is 0.745. The van der Waals surface area contributed by atoms with Gasteiger partial charge in [-0.05, 0) is 43.4 Å². The number of fused-ring (bicyclic) bond motifs is 1. The molecule has 2 amide bonds. The molecule has 1 aromatic carbocycles. The van der Waals surface area contributed by atoms with E-state index in [4.69, 9.17) is 0 Å². The van der Waals surface area contributed by atoms with Gasteiger partial charge in [-0.15, -0.1) is 0 Å². The van der Waals surface area contributed by atoms with Crippen molar-refractivity contribution in [3.63, 3.8) is 0 Å². The Morgan fingerprint density at radius 2 is 1.96 bits per heavy atom. The first-order chi connectivity index (χ1) is 13.7. The van der Waals surface area contributed by atoms with E-state index < -0.39 is 0 Å². The van der Waals surface area contributed by atoms with Crippen LogP contribution in [0.5, 0.6) is 0 Å². The lowest BCUT2D eigenvalue weighted by atomic mass is 9.84. The van der Waals surface area contributed by atoms with Crippen LogP contribution in [0.25, 0.3) is 0 Å². The third-order valence-electron chi connectivity index (χ3n) is 6.40. The van der Waals surface area contributed by atoms with E-state index in [1.54, 1.807) is 6.08 Å². The van der Waals surface area contributed by atoms with Crippen LogP contribution in [0.1, 0.15) is 50.5 Å². The zero-order valence-corrected chi connectivity index (χ0v) is 16.5. The normalized spacial score (nSPS) is 23.3. The summed E-state index contributed by atoms with van der Waals surface area (Å²) in [7, 11) is 0. The molecule has 1 saturated carbocycles. The molecule has 0 radical (unpaired) electrons. The lowest BCUT2D eigenvalue weighted by molar-refractivity contribution is -0.125. The van der Waals surface area contributed by atoms with Gasteiger partial charge in [-0.1, -0.05) is 56.4 Å². The number of carbonyl (C=O) groups is 2. The Balaban J connectivity index is 1.41. The molecule has 5 nitrogen and oxygen atoms in total. The minimum atomic E-state index is -0.0696. The van der Waals surface area contributed by atoms with Crippen molar-refractivity contribution in [1.29, 1.82) is 0 Å². The van der Waals surface area contributed by atoms with Crippen LogP contribution >= 0.6 is 0 Å². The molecule has 1 aromatic rings. The molecule has 5 heteroatoms. The number of anilines is 1. The third kappa shape index (κ3) is 4.46. The Hall–Kier alpha value is -2.14. The van der Waals surface area contributed by atoms with Crippen molar-refractivity contribution in [1.82, 2.24) is 10.6 Å². The van der Waals surface area contributed by atoms with Crippen molar-refractivity contribution in [2.75, 3.05) is 18.0 Å². The second kappa shape index (κ2) is 8.91. The fourth-order valence-corrected chi connectivity index (χ4v) is 4.62. The summed E-state index contributed by atoms with van der Waals surface area (Å²) in [5, 5.41) is 6.34. The molecular formula is C23H31N3O2. The third-order valence-corrected chi connectivity index (χ3v) is 6.40. The summed E-state index contributed by atoms with van der Waals surface area (Å²) in [5.74, 6) is 0.714. The minimum Gasteiger partial charge on any atom is -0.349 e. The van der Waals surface area contributed by atoms with Gasteiger partial charge in [0.2, 0.25) is 5.91 Å². The Kier molecular flexibility index (Phi) is 6.10. The summed E-state index contributed by atoms with van der Waals surface area (Å²) in [5.41, 5.74) is 2.25. The van der Waals surface area contributed by atoms with Crippen LogP contribution in [0, 0.1) is 5.92 Å². The second-order valence-corrected chi connectivity index (χ2v) is 8.38. The highest BCUT2D eigenvalue weighted by Crippen LogP contribution is 2.29. The molecule has 1 saturated heterocycles. The first-order valence-corrected chi connectivity index (χ1v) is 10.8. The van der Waals surface area contributed by atoms with E-state index in [0.29, 0.717) is 5.92 Å². The highest BCUT2D eigenvalue weighted by atomic mass is 16.2. The van der Waals surface area contributed by atoms with Crippen molar-refractivity contribution >= 4 is 17.5 Å². The molecule has 2 atom stereocenters. The molecule has 2 fully saturated rings. The zero-order chi connectivity index (χ0) is 19.3. The van der Waals surface area contributed by atoms with E-state index in [-0.39, 0.29) is 23.9 Å². The van der Waals surface area contributed by atoms with E-state index in [9.17, 15) is 9.59 Å². The van der Waals surface area contributed by atoms with E-state index in [0.717, 1.165) is 38.0 Å². The van der Waals surface area contributed by atoms with Crippen molar-refractivity contribution in [2.45, 2.75) is 63.5 Å². The largest absolute Gasteiger partial charge is 0.349 e. The number of nitrogens with zero attached hydrogens (tertiary/aromatic N) is 1. The van der Waals surface area contributed by atoms with Crippen LogP contribution in [0.3, 0.4) is 0 Å². The highest BCUT2D eigenvalue weighted by Gasteiger charge is 2.27. The van der Waals surface area contributed by atoms with Gasteiger partial charge in [0.05, 0.1) is 6.04 Å². The molecule has 1 unspecified atom stereocenters. The minimum absolute atomic E-state index is 0.00890. The number of hydrogen-bond acceptors (Lipinski definition) is 3. The van der Waals surface area contributed by atoms with Crippen LogP contribution in [0.2, 0.25) is 0 Å². The van der Waals surface area contributed by atoms with E-state index >= 15 is 0 Å². The van der Waals surface area contributed by atoms with Gasteiger partial charge >= 0.3 is 0 Å². The smallest absolute Gasteiger partial charge is 0.250 e. The average molecular weight is 382 g/mol. The Morgan fingerprint density at radius 1 is 1.18 bits per heavy atom. The molecule has 1 aliphatic carbocycles. The van der Waals surface area contributed by atoms with Crippen molar-refractivity contribution < 1.29 is 9.59 Å². The van der Waals surface area contributed by atoms with Gasteiger partial charge < -0.3 is 15.5 Å². The lowest BCUT2D eigenvalue weighted by Crippen LogP contribution is -2.55. The fourth-order valence-electron chi connectivity index (χ4n) is 4.62. The van der Waals surface area contributed by atoms with E-state index in [1.165, 1.54) is 37.7 Å². The van der Waals surface area contributed by atoms with Gasteiger partial charge in [-0.3, -0.25) is 9.59 Å². The van der Waals surface area contributed by atoms with Crippen LogP contribution in [0.15, 0.2) is 36.4 Å². The van der Waals surface area contributed by atoms with Crippen molar-refractivity contribution in [3.8, 4) is 0 Å². The van der Waals surface area contributed by atoms with Crippen LogP contribution in [-0.2, 0) is 16.0 Å². The zero-order valence-electron chi connectivity index (χ0n) is 16.5. The van der Waals surface area contributed by atoms with E-state index in [1.807, 2.05) is 29.2 Å². The molecule has 0 spiro atoms. The summed E-state index contributed by atoms with van der Waals surface area (Å²) in [6, 6.07) is 7.96. The number of amides is 2. The number of hydrogen-bond donors (Lipinski definition) is 2. The molecule has 2 heterocycles. The number of para-hydroxylation sites is 1. The molecule has 2 N–H and O–H groups in total. The molecule has 150 valence electrons. The number of rotatable bonds is 6. The first-order valence-electron chi connectivity index (χ1n) is 10.8. The molecule has 3 aliphatic rings. The van der Waals surface area contributed by atoms with E-state index in [2.05, 4.69) is 16.7 Å². The second-order valence-electron chi connectivity index (χ2n) is 8.38. The maximum absolute atomic E-state index is 12.8. The molecule has 0 bridgehead atoms. The number of nitrogens with one attached hydrogen (secondary N) is 2. The lowest BCUT2D eigenvalue weighted by Gasteiger charge is -2.30.